The van der Waals surface area contributed by atoms with Crippen LogP contribution in [-0.2, 0) is 6.42 Å². The Morgan fingerprint density at radius 2 is 1.83 bits per heavy atom. The third-order valence-corrected chi connectivity index (χ3v) is 8.32. The molecule has 2 N–H and O–H groups in total. The molecular weight excluding hydrogens is 448 g/mol. The highest BCUT2D eigenvalue weighted by molar-refractivity contribution is 5.74. The van der Waals surface area contributed by atoms with E-state index in [0.29, 0.717) is 23.8 Å². The van der Waals surface area contributed by atoms with E-state index in [-0.39, 0.29) is 0 Å². The Balaban J connectivity index is 1.09. The zero-order valence-corrected chi connectivity index (χ0v) is 21.1. The van der Waals surface area contributed by atoms with Gasteiger partial charge in [0.25, 0.3) is 0 Å². The van der Waals surface area contributed by atoms with Crippen molar-refractivity contribution in [3.05, 3.63) is 59.9 Å². The number of pyridine rings is 1. The molecule has 3 aliphatic heterocycles. The van der Waals surface area contributed by atoms with E-state index < -0.39 is 0 Å². The molecule has 5 heterocycles. The summed E-state index contributed by atoms with van der Waals surface area (Å²) >= 11 is 0. The van der Waals surface area contributed by atoms with Crippen molar-refractivity contribution < 1.29 is 0 Å². The zero-order valence-electron chi connectivity index (χ0n) is 21.1. The number of piperazine rings is 2. The van der Waals surface area contributed by atoms with Crippen LogP contribution in [0.25, 0.3) is 5.52 Å². The molecule has 188 valence electrons. The SMILES string of the molecule is CC1CN(c2ccc(C#N)n3nccc23)CC2CN(CCc3ccc(N4CCC(N)C4)cc3)CCN12. The van der Waals surface area contributed by atoms with Crippen LogP contribution in [0.2, 0.25) is 0 Å². The summed E-state index contributed by atoms with van der Waals surface area (Å²) in [4.78, 5) is 10.2. The Morgan fingerprint density at radius 3 is 2.61 bits per heavy atom. The maximum Gasteiger partial charge on any atom is 0.142 e. The van der Waals surface area contributed by atoms with Crippen molar-refractivity contribution >= 4 is 16.9 Å². The highest BCUT2D eigenvalue weighted by atomic mass is 15.4. The number of nitrogens with two attached hydrogens (primary N) is 1. The van der Waals surface area contributed by atoms with Crippen LogP contribution in [-0.4, -0.2) is 89.9 Å². The van der Waals surface area contributed by atoms with E-state index in [9.17, 15) is 5.26 Å². The fraction of sp³-hybridized carbons (Fsp3) is 0.500. The number of nitriles is 1. The topological polar surface area (TPSA) is 80.1 Å². The van der Waals surface area contributed by atoms with Crippen molar-refractivity contribution in [3.63, 3.8) is 0 Å². The molecular formula is C28H36N8. The maximum absolute atomic E-state index is 9.44. The van der Waals surface area contributed by atoms with E-state index in [1.54, 1.807) is 10.7 Å². The fourth-order valence-corrected chi connectivity index (χ4v) is 6.37. The van der Waals surface area contributed by atoms with Gasteiger partial charge in [0.2, 0.25) is 0 Å². The molecule has 6 rings (SSSR count). The lowest BCUT2D eigenvalue weighted by molar-refractivity contribution is 0.0356. The molecule has 1 aromatic carbocycles. The molecule has 0 radical (unpaired) electrons. The molecule has 0 aliphatic carbocycles. The number of anilines is 2. The average Bonchev–Trinajstić information content (AvgIpc) is 3.56. The van der Waals surface area contributed by atoms with Crippen LogP contribution in [0.15, 0.2) is 48.7 Å². The van der Waals surface area contributed by atoms with E-state index in [1.807, 2.05) is 12.1 Å². The van der Waals surface area contributed by atoms with Crippen LogP contribution in [0.1, 0.15) is 24.6 Å². The smallest absolute Gasteiger partial charge is 0.142 e. The molecule has 36 heavy (non-hydrogen) atoms. The van der Waals surface area contributed by atoms with Crippen molar-refractivity contribution in [2.75, 3.05) is 62.2 Å². The standard InChI is InChI=1S/C28H36N8/c1-21-17-34(27-7-6-25(16-29)36-28(27)8-11-31-36)20-26-19-32(14-15-35(21)26)12-9-22-2-4-24(5-3-22)33-13-10-23(30)18-33/h2-8,11,21,23,26H,9-10,12-15,17-20,30H2,1H3. The molecule has 8 nitrogen and oxygen atoms in total. The van der Waals surface area contributed by atoms with Gasteiger partial charge in [0, 0.05) is 76.2 Å². The van der Waals surface area contributed by atoms with Gasteiger partial charge < -0.3 is 20.4 Å². The second kappa shape index (κ2) is 9.74. The maximum atomic E-state index is 9.44. The molecule has 3 aromatic rings. The largest absolute Gasteiger partial charge is 0.370 e. The predicted octanol–water partition coefficient (Wildman–Crippen LogP) is 2.18. The van der Waals surface area contributed by atoms with Gasteiger partial charge in [-0.1, -0.05) is 12.1 Å². The molecule has 3 aliphatic rings. The summed E-state index contributed by atoms with van der Waals surface area (Å²) < 4.78 is 1.77. The Labute approximate surface area is 213 Å². The molecule has 0 spiro atoms. The monoisotopic (exact) mass is 484 g/mol. The first kappa shape index (κ1) is 23.3. The van der Waals surface area contributed by atoms with Gasteiger partial charge in [-0.25, -0.2) is 4.52 Å². The van der Waals surface area contributed by atoms with Crippen LogP contribution >= 0.6 is 0 Å². The molecule has 0 saturated carbocycles. The minimum absolute atomic E-state index is 0.310. The number of benzene rings is 1. The Kier molecular flexibility index (Phi) is 6.30. The molecule has 8 heteroatoms. The normalized spacial score (nSPS) is 25.3. The van der Waals surface area contributed by atoms with E-state index in [4.69, 9.17) is 5.73 Å². The summed E-state index contributed by atoms with van der Waals surface area (Å²) in [5.74, 6) is 0. The number of hydrogen-bond acceptors (Lipinski definition) is 7. The number of hydrogen-bond donors (Lipinski definition) is 1. The summed E-state index contributed by atoms with van der Waals surface area (Å²) in [6.07, 6.45) is 3.95. The lowest BCUT2D eigenvalue weighted by Crippen LogP contribution is -2.65. The third-order valence-electron chi connectivity index (χ3n) is 8.32. The quantitative estimate of drug-likeness (QED) is 0.595. The molecule has 2 aromatic heterocycles. The molecule has 0 bridgehead atoms. The second-order valence-electron chi connectivity index (χ2n) is 10.7. The molecule has 3 fully saturated rings. The van der Waals surface area contributed by atoms with Crippen molar-refractivity contribution in [2.24, 2.45) is 5.73 Å². The number of fused-ring (bicyclic) bond motifs is 2. The van der Waals surface area contributed by atoms with E-state index in [0.717, 1.165) is 70.7 Å². The zero-order chi connectivity index (χ0) is 24.6. The lowest BCUT2D eigenvalue weighted by Gasteiger charge is -2.51. The molecule has 3 unspecified atom stereocenters. The third kappa shape index (κ3) is 4.43. The minimum Gasteiger partial charge on any atom is -0.370 e. The van der Waals surface area contributed by atoms with Crippen molar-refractivity contribution in [2.45, 2.75) is 37.9 Å². The predicted molar refractivity (Wildman–Crippen MR) is 143 cm³/mol. The van der Waals surface area contributed by atoms with Gasteiger partial charge in [-0.2, -0.15) is 10.4 Å². The first-order chi connectivity index (χ1) is 17.6. The van der Waals surface area contributed by atoms with Crippen LogP contribution in [0.4, 0.5) is 11.4 Å². The van der Waals surface area contributed by atoms with Crippen molar-refractivity contribution in [1.29, 1.82) is 5.26 Å². The van der Waals surface area contributed by atoms with Gasteiger partial charge in [0.05, 0.1) is 17.4 Å². The Morgan fingerprint density at radius 1 is 0.972 bits per heavy atom. The van der Waals surface area contributed by atoms with Gasteiger partial charge >= 0.3 is 0 Å². The van der Waals surface area contributed by atoms with Crippen LogP contribution < -0.4 is 15.5 Å². The molecule has 3 atom stereocenters. The van der Waals surface area contributed by atoms with Crippen LogP contribution in [0, 0.1) is 11.3 Å². The van der Waals surface area contributed by atoms with Crippen LogP contribution in [0.5, 0.6) is 0 Å². The molecule has 0 amide bonds. The van der Waals surface area contributed by atoms with Crippen molar-refractivity contribution in [3.8, 4) is 6.07 Å². The van der Waals surface area contributed by atoms with E-state index in [1.165, 1.54) is 16.9 Å². The summed E-state index contributed by atoms with van der Waals surface area (Å²) in [6, 6.07) is 18.7. The van der Waals surface area contributed by atoms with Crippen LogP contribution in [0.3, 0.4) is 0 Å². The fourth-order valence-electron chi connectivity index (χ4n) is 6.37. The first-order valence-corrected chi connectivity index (χ1v) is 13.3. The highest BCUT2D eigenvalue weighted by Crippen LogP contribution is 2.29. The summed E-state index contributed by atoms with van der Waals surface area (Å²) in [6.45, 7) is 10.8. The van der Waals surface area contributed by atoms with Gasteiger partial charge in [-0.3, -0.25) is 4.90 Å². The minimum atomic E-state index is 0.310. The number of aromatic nitrogens is 2. The van der Waals surface area contributed by atoms with E-state index >= 15 is 0 Å². The first-order valence-electron chi connectivity index (χ1n) is 13.3. The Bertz CT molecular complexity index is 1240. The van der Waals surface area contributed by atoms with E-state index in [2.05, 4.69) is 68.0 Å². The average molecular weight is 485 g/mol. The van der Waals surface area contributed by atoms with Gasteiger partial charge in [-0.05, 0) is 55.7 Å². The lowest BCUT2D eigenvalue weighted by atomic mass is 10.0. The summed E-state index contributed by atoms with van der Waals surface area (Å²) in [5, 5.41) is 13.8. The Hall–Kier alpha value is -3.12. The van der Waals surface area contributed by atoms with Gasteiger partial charge in [0.1, 0.15) is 11.8 Å². The number of nitrogens with zero attached hydrogens (tertiary/aromatic N) is 7. The highest BCUT2D eigenvalue weighted by Gasteiger charge is 2.36. The summed E-state index contributed by atoms with van der Waals surface area (Å²) in [7, 11) is 0. The van der Waals surface area contributed by atoms with Crippen molar-refractivity contribution in [1.82, 2.24) is 19.4 Å². The molecule has 3 saturated heterocycles. The summed E-state index contributed by atoms with van der Waals surface area (Å²) in [5.41, 5.74) is 11.6. The van der Waals surface area contributed by atoms with Gasteiger partial charge in [0.15, 0.2) is 0 Å². The number of rotatable bonds is 5. The second-order valence-corrected chi connectivity index (χ2v) is 10.7. The van der Waals surface area contributed by atoms with Gasteiger partial charge in [-0.15, -0.1) is 0 Å².